The molecule has 1 aromatic rings. The van der Waals surface area contributed by atoms with Gasteiger partial charge in [0.25, 0.3) is 0 Å². The summed E-state index contributed by atoms with van der Waals surface area (Å²) in [6.45, 7) is 5.72. The van der Waals surface area contributed by atoms with Crippen molar-refractivity contribution in [1.82, 2.24) is 4.98 Å². The molecule has 0 radical (unpaired) electrons. The van der Waals surface area contributed by atoms with Crippen molar-refractivity contribution in [3.05, 3.63) is 10.6 Å². The molecule has 2 atom stereocenters. The first-order valence-electron chi connectivity index (χ1n) is 7.11. The molecule has 3 nitrogen and oxygen atoms in total. The van der Waals surface area contributed by atoms with Crippen LogP contribution in [0.5, 0.6) is 0 Å². The topological polar surface area (TPSA) is 36.4 Å². The highest BCUT2D eigenvalue weighted by atomic mass is 32.1. The number of aryl methyl sites for hydroxylation is 1. The van der Waals surface area contributed by atoms with Gasteiger partial charge in [-0.2, -0.15) is 0 Å². The SMILES string of the molecule is CC(C)C1CCCN1c1nc2c(s1)C(O)CCC2. The summed E-state index contributed by atoms with van der Waals surface area (Å²) < 4.78 is 0. The summed E-state index contributed by atoms with van der Waals surface area (Å²) in [5.41, 5.74) is 1.16. The van der Waals surface area contributed by atoms with Gasteiger partial charge in [0.05, 0.1) is 16.7 Å². The van der Waals surface area contributed by atoms with Crippen LogP contribution in [-0.2, 0) is 6.42 Å². The number of fused-ring (bicyclic) bond motifs is 1. The van der Waals surface area contributed by atoms with Gasteiger partial charge in [-0.25, -0.2) is 4.98 Å². The van der Waals surface area contributed by atoms with Crippen molar-refractivity contribution in [2.45, 2.75) is 58.1 Å². The predicted molar refractivity (Wildman–Crippen MR) is 75.2 cm³/mol. The van der Waals surface area contributed by atoms with Gasteiger partial charge in [0.2, 0.25) is 0 Å². The molecule has 2 unspecified atom stereocenters. The zero-order chi connectivity index (χ0) is 12.7. The largest absolute Gasteiger partial charge is 0.388 e. The van der Waals surface area contributed by atoms with E-state index in [4.69, 9.17) is 4.98 Å². The van der Waals surface area contributed by atoms with E-state index in [1.54, 1.807) is 11.3 Å². The predicted octanol–water partition coefficient (Wildman–Crippen LogP) is 3.14. The Kier molecular flexibility index (Phi) is 3.32. The van der Waals surface area contributed by atoms with Gasteiger partial charge in [0.1, 0.15) is 0 Å². The molecule has 18 heavy (non-hydrogen) atoms. The van der Waals surface area contributed by atoms with Crippen molar-refractivity contribution < 1.29 is 5.11 Å². The number of thiazole rings is 1. The van der Waals surface area contributed by atoms with Gasteiger partial charge < -0.3 is 10.0 Å². The molecular formula is C14H22N2OS. The summed E-state index contributed by atoms with van der Waals surface area (Å²) in [6, 6.07) is 0.634. The molecule has 100 valence electrons. The van der Waals surface area contributed by atoms with E-state index in [1.807, 2.05) is 0 Å². The van der Waals surface area contributed by atoms with Gasteiger partial charge in [-0.3, -0.25) is 0 Å². The first-order valence-corrected chi connectivity index (χ1v) is 7.92. The van der Waals surface area contributed by atoms with Crippen LogP contribution in [0.3, 0.4) is 0 Å². The van der Waals surface area contributed by atoms with E-state index in [9.17, 15) is 5.11 Å². The van der Waals surface area contributed by atoms with Crippen LogP contribution in [0, 0.1) is 5.92 Å². The van der Waals surface area contributed by atoms with Gasteiger partial charge in [0, 0.05) is 12.6 Å². The van der Waals surface area contributed by atoms with Crippen LogP contribution in [0.1, 0.15) is 56.2 Å². The number of aromatic nitrogens is 1. The molecule has 2 heterocycles. The molecule has 1 fully saturated rings. The fraction of sp³-hybridized carbons (Fsp3) is 0.786. The standard InChI is InChI=1S/C14H22N2OS/c1-9(2)11-6-4-8-16(11)14-15-10-5-3-7-12(17)13(10)18-14/h9,11-12,17H,3-8H2,1-2H3. The summed E-state index contributed by atoms with van der Waals surface area (Å²) in [5.74, 6) is 0.679. The Bertz CT molecular complexity index is 429. The smallest absolute Gasteiger partial charge is 0.186 e. The minimum absolute atomic E-state index is 0.264. The van der Waals surface area contributed by atoms with Crippen LogP contribution in [0.4, 0.5) is 5.13 Å². The highest BCUT2D eigenvalue weighted by Crippen LogP contribution is 2.40. The van der Waals surface area contributed by atoms with Crippen LogP contribution in [-0.4, -0.2) is 22.7 Å². The van der Waals surface area contributed by atoms with E-state index in [0.717, 1.165) is 41.5 Å². The Morgan fingerprint density at radius 1 is 1.33 bits per heavy atom. The Balaban J connectivity index is 1.88. The maximum Gasteiger partial charge on any atom is 0.186 e. The summed E-state index contributed by atoms with van der Waals surface area (Å²) in [6.07, 6.45) is 5.32. The summed E-state index contributed by atoms with van der Waals surface area (Å²) in [4.78, 5) is 8.40. The third kappa shape index (κ3) is 2.05. The second-order valence-corrected chi connectivity index (χ2v) is 6.87. The van der Waals surface area contributed by atoms with Gasteiger partial charge in [-0.15, -0.1) is 0 Å². The Hall–Kier alpha value is -0.610. The minimum atomic E-state index is -0.264. The minimum Gasteiger partial charge on any atom is -0.388 e. The van der Waals surface area contributed by atoms with Crippen molar-refractivity contribution in [3.8, 4) is 0 Å². The lowest BCUT2D eigenvalue weighted by Gasteiger charge is -2.27. The number of hydrogen-bond donors (Lipinski definition) is 1. The van der Waals surface area contributed by atoms with Crippen molar-refractivity contribution in [2.24, 2.45) is 5.92 Å². The number of aliphatic hydroxyl groups is 1. The average Bonchev–Trinajstić information content (AvgIpc) is 2.95. The van der Waals surface area contributed by atoms with Crippen molar-refractivity contribution in [1.29, 1.82) is 0 Å². The van der Waals surface area contributed by atoms with E-state index in [-0.39, 0.29) is 6.10 Å². The number of rotatable bonds is 2. The molecule has 1 aliphatic carbocycles. The fourth-order valence-corrected chi connectivity index (χ4v) is 4.45. The Morgan fingerprint density at radius 3 is 2.89 bits per heavy atom. The zero-order valence-electron chi connectivity index (χ0n) is 11.2. The van der Waals surface area contributed by atoms with E-state index in [2.05, 4.69) is 18.7 Å². The zero-order valence-corrected chi connectivity index (χ0v) is 12.0. The van der Waals surface area contributed by atoms with E-state index in [0.29, 0.717) is 12.0 Å². The third-order valence-electron chi connectivity index (χ3n) is 4.22. The lowest BCUT2D eigenvalue weighted by molar-refractivity contribution is 0.160. The van der Waals surface area contributed by atoms with E-state index >= 15 is 0 Å². The molecular weight excluding hydrogens is 244 g/mol. The van der Waals surface area contributed by atoms with Gasteiger partial charge in [-0.1, -0.05) is 25.2 Å². The first kappa shape index (κ1) is 12.4. The molecule has 3 rings (SSSR count). The third-order valence-corrected chi connectivity index (χ3v) is 5.46. The molecule has 4 heteroatoms. The highest BCUT2D eigenvalue weighted by molar-refractivity contribution is 7.15. The second-order valence-electron chi connectivity index (χ2n) is 5.86. The maximum atomic E-state index is 10.0. The van der Waals surface area contributed by atoms with E-state index in [1.165, 1.54) is 12.8 Å². The van der Waals surface area contributed by atoms with Gasteiger partial charge in [0.15, 0.2) is 5.13 Å². The Morgan fingerprint density at radius 2 is 2.17 bits per heavy atom. The maximum absolute atomic E-state index is 10.0. The molecule has 0 saturated carbocycles. The van der Waals surface area contributed by atoms with Crippen LogP contribution >= 0.6 is 11.3 Å². The number of aliphatic hydroxyl groups excluding tert-OH is 1. The quantitative estimate of drug-likeness (QED) is 0.893. The van der Waals surface area contributed by atoms with E-state index < -0.39 is 0 Å². The Labute approximate surface area is 113 Å². The second kappa shape index (κ2) is 4.82. The molecule has 1 N–H and O–H groups in total. The number of hydrogen-bond acceptors (Lipinski definition) is 4. The van der Waals surface area contributed by atoms with Crippen LogP contribution in [0.25, 0.3) is 0 Å². The molecule has 2 aliphatic rings. The molecule has 0 bridgehead atoms. The van der Waals surface area contributed by atoms with Gasteiger partial charge in [-0.05, 0) is 38.0 Å². The van der Waals surface area contributed by atoms with Gasteiger partial charge >= 0.3 is 0 Å². The first-order chi connectivity index (χ1) is 8.66. The lowest BCUT2D eigenvalue weighted by atomic mass is 10.0. The average molecular weight is 266 g/mol. The summed E-state index contributed by atoms with van der Waals surface area (Å²) in [7, 11) is 0. The van der Waals surface area contributed by atoms with Crippen molar-refractivity contribution in [2.75, 3.05) is 11.4 Å². The monoisotopic (exact) mass is 266 g/mol. The fourth-order valence-electron chi connectivity index (χ4n) is 3.23. The molecule has 1 aliphatic heterocycles. The molecule has 1 aromatic heterocycles. The molecule has 0 amide bonds. The molecule has 1 saturated heterocycles. The van der Waals surface area contributed by atoms with Crippen LogP contribution in [0.2, 0.25) is 0 Å². The summed E-state index contributed by atoms with van der Waals surface area (Å²) in [5, 5.41) is 11.2. The van der Waals surface area contributed by atoms with Crippen LogP contribution < -0.4 is 4.90 Å². The molecule has 0 spiro atoms. The number of nitrogens with zero attached hydrogens (tertiary/aromatic N) is 2. The highest BCUT2D eigenvalue weighted by Gasteiger charge is 2.31. The summed E-state index contributed by atoms with van der Waals surface area (Å²) >= 11 is 1.73. The lowest BCUT2D eigenvalue weighted by Crippen LogP contribution is -2.33. The van der Waals surface area contributed by atoms with Crippen LogP contribution in [0.15, 0.2) is 0 Å². The normalized spacial score (nSPS) is 27.9. The van der Waals surface area contributed by atoms with Crippen molar-refractivity contribution in [3.63, 3.8) is 0 Å². The number of anilines is 1. The van der Waals surface area contributed by atoms with Crippen molar-refractivity contribution >= 4 is 16.5 Å². The molecule has 0 aromatic carbocycles.